The van der Waals surface area contributed by atoms with E-state index in [-0.39, 0.29) is 11.1 Å². The number of methoxy groups -OCH3 is 2. The van der Waals surface area contributed by atoms with Gasteiger partial charge in [0.05, 0.1) is 14.2 Å². The molecule has 0 bridgehead atoms. The molecule has 28 heavy (non-hydrogen) atoms. The highest BCUT2D eigenvalue weighted by molar-refractivity contribution is 6.49. The fourth-order valence-corrected chi connectivity index (χ4v) is 2.42. The average molecular weight is 382 g/mol. The molecule has 0 aliphatic carbocycles. The molecule has 0 spiro atoms. The molecule has 6 nitrogen and oxygen atoms in total. The summed E-state index contributed by atoms with van der Waals surface area (Å²) in [5.74, 6) is 0.275. The van der Waals surface area contributed by atoms with Crippen molar-refractivity contribution < 1.29 is 28.5 Å². The molecule has 0 fully saturated rings. The Kier molecular flexibility index (Phi) is 7.39. The Morgan fingerprint density at radius 1 is 0.750 bits per heavy atom. The topological polar surface area (TPSA) is 71.1 Å². The number of Topliss-reactive ketones (excluding diaryl/α,β-unsaturated/α-hetero) is 2. The molecule has 2 aromatic carbocycles. The summed E-state index contributed by atoms with van der Waals surface area (Å²) in [6.45, 7) is 7.75. The first-order chi connectivity index (χ1) is 13.5. The summed E-state index contributed by atoms with van der Waals surface area (Å²) in [4.78, 5) is 25.3. The van der Waals surface area contributed by atoms with Crippen molar-refractivity contribution in [2.24, 2.45) is 0 Å². The summed E-state index contributed by atoms with van der Waals surface area (Å²) in [5, 5.41) is 0. The van der Waals surface area contributed by atoms with Gasteiger partial charge in [-0.05, 0) is 36.4 Å². The van der Waals surface area contributed by atoms with Gasteiger partial charge >= 0.3 is 0 Å². The number of ether oxygens (including phenoxy) is 4. The maximum atomic E-state index is 12.6. The van der Waals surface area contributed by atoms with Crippen LogP contribution in [0.25, 0.3) is 0 Å². The molecule has 0 aromatic heterocycles. The van der Waals surface area contributed by atoms with E-state index < -0.39 is 11.6 Å². The van der Waals surface area contributed by atoms with Crippen LogP contribution in [0.5, 0.6) is 23.0 Å². The molecule has 0 saturated carbocycles. The summed E-state index contributed by atoms with van der Waals surface area (Å²) in [5.41, 5.74) is 0.387. The Hall–Kier alpha value is -3.54. The summed E-state index contributed by atoms with van der Waals surface area (Å²) < 4.78 is 21.4. The van der Waals surface area contributed by atoms with Crippen LogP contribution in [0.1, 0.15) is 20.7 Å². The molecule has 0 aliphatic rings. The monoisotopic (exact) mass is 382 g/mol. The maximum absolute atomic E-state index is 12.6. The minimum atomic E-state index is -0.671. The van der Waals surface area contributed by atoms with E-state index in [1.54, 1.807) is 24.3 Å². The fourth-order valence-electron chi connectivity index (χ4n) is 2.42. The van der Waals surface area contributed by atoms with Gasteiger partial charge in [0.1, 0.15) is 13.2 Å². The largest absolute Gasteiger partial charge is 0.493 e. The standard InChI is InChI=1S/C22H22O6/c1-5-11-27-17-9-7-15(13-19(17)25-3)21(23)22(24)16-8-10-18(28-12-6-2)20(14-16)26-4/h5-10,13-14H,1-2,11-12H2,3-4H3. The van der Waals surface area contributed by atoms with Gasteiger partial charge in [-0.25, -0.2) is 0 Å². The summed E-state index contributed by atoms with van der Waals surface area (Å²) >= 11 is 0. The number of benzene rings is 2. The number of carbonyl (C=O) groups excluding carboxylic acids is 2. The molecule has 2 aromatic rings. The van der Waals surface area contributed by atoms with Crippen LogP contribution in [-0.4, -0.2) is 39.0 Å². The second kappa shape index (κ2) is 9.97. The van der Waals surface area contributed by atoms with Crippen molar-refractivity contribution >= 4 is 11.6 Å². The predicted molar refractivity (Wildman–Crippen MR) is 106 cm³/mol. The second-order valence-corrected chi connectivity index (χ2v) is 5.59. The smallest absolute Gasteiger partial charge is 0.233 e. The Labute approximate surface area is 164 Å². The quantitative estimate of drug-likeness (QED) is 0.333. The highest BCUT2D eigenvalue weighted by Gasteiger charge is 2.21. The lowest BCUT2D eigenvalue weighted by Gasteiger charge is -2.12. The average Bonchev–Trinajstić information content (AvgIpc) is 2.74. The van der Waals surface area contributed by atoms with Crippen molar-refractivity contribution in [1.82, 2.24) is 0 Å². The molecule has 0 saturated heterocycles. The minimum Gasteiger partial charge on any atom is -0.493 e. The molecule has 0 N–H and O–H groups in total. The first kappa shape index (κ1) is 20.8. The first-order valence-electron chi connectivity index (χ1n) is 8.48. The predicted octanol–water partition coefficient (Wildman–Crippen LogP) is 3.90. The third-order valence-corrected chi connectivity index (χ3v) is 3.77. The molecule has 2 rings (SSSR count). The van der Waals surface area contributed by atoms with Gasteiger partial charge in [-0.2, -0.15) is 0 Å². The highest BCUT2D eigenvalue weighted by atomic mass is 16.5. The van der Waals surface area contributed by atoms with Gasteiger partial charge in [-0.1, -0.05) is 25.3 Å². The molecule has 0 heterocycles. The van der Waals surface area contributed by atoms with Crippen LogP contribution in [-0.2, 0) is 0 Å². The zero-order valence-electron chi connectivity index (χ0n) is 15.9. The zero-order valence-corrected chi connectivity index (χ0v) is 15.9. The van der Waals surface area contributed by atoms with Gasteiger partial charge in [0.25, 0.3) is 0 Å². The number of carbonyl (C=O) groups is 2. The van der Waals surface area contributed by atoms with Crippen LogP contribution < -0.4 is 18.9 Å². The van der Waals surface area contributed by atoms with Crippen LogP contribution in [0, 0.1) is 0 Å². The Morgan fingerprint density at radius 3 is 1.46 bits per heavy atom. The third-order valence-electron chi connectivity index (χ3n) is 3.77. The molecule has 0 unspecified atom stereocenters. The van der Waals surface area contributed by atoms with E-state index in [4.69, 9.17) is 18.9 Å². The van der Waals surface area contributed by atoms with Crippen molar-refractivity contribution in [2.75, 3.05) is 27.4 Å². The van der Waals surface area contributed by atoms with Crippen LogP contribution >= 0.6 is 0 Å². The molecular formula is C22H22O6. The summed E-state index contributed by atoms with van der Waals surface area (Å²) in [6, 6.07) is 9.13. The first-order valence-corrected chi connectivity index (χ1v) is 8.48. The van der Waals surface area contributed by atoms with Gasteiger partial charge < -0.3 is 18.9 Å². The number of hydrogen-bond acceptors (Lipinski definition) is 6. The van der Waals surface area contributed by atoms with Crippen molar-refractivity contribution in [1.29, 1.82) is 0 Å². The lowest BCUT2D eigenvalue weighted by molar-refractivity contribution is 0.0816. The van der Waals surface area contributed by atoms with Gasteiger partial charge in [0.2, 0.25) is 11.6 Å². The SMILES string of the molecule is C=CCOc1ccc(C(=O)C(=O)c2ccc(OCC=C)c(OC)c2)cc1OC. The zero-order chi connectivity index (χ0) is 20.5. The molecule has 6 heteroatoms. The second-order valence-electron chi connectivity index (χ2n) is 5.59. The van der Waals surface area contributed by atoms with Crippen molar-refractivity contribution in [3.05, 3.63) is 72.8 Å². The van der Waals surface area contributed by atoms with Crippen molar-refractivity contribution in [3.8, 4) is 23.0 Å². The lowest BCUT2D eigenvalue weighted by atomic mass is 10.0. The van der Waals surface area contributed by atoms with E-state index in [9.17, 15) is 9.59 Å². The van der Waals surface area contributed by atoms with E-state index in [0.29, 0.717) is 36.2 Å². The highest BCUT2D eigenvalue weighted by Crippen LogP contribution is 2.30. The number of rotatable bonds is 11. The number of hydrogen-bond donors (Lipinski definition) is 0. The third kappa shape index (κ3) is 4.79. The van der Waals surface area contributed by atoms with Crippen LogP contribution in [0.4, 0.5) is 0 Å². The van der Waals surface area contributed by atoms with Crippen LogP contribution in [0.15, 0.2) is 61.7 Å². The Balaban J connectivity index is 2.27. The Bertz CT molecular complexity index is 811. The maximum Gasteiger partial charge on any atom is 0.233 e. The molecule has 0 radical (unpaired) electrons. The molecular weight excluding hydrogens is 360 g/mol. The van der Waals surface area contributed by atoms with E-state index in [0.717, 1.165) is 0 Å². The van der Waals surface area contributed by atoms with E-state index >= 15 is 0 Å². The van der Waals surface area contributed by atoms with E-state index in [2.05, 4.69) is 13.2 Å². The molecule has 0 aliphatic heterocycles. The van der Waals surface area contributed by atoms with Gasteiger partial charge in [-0.15, -0.1) is 0 Å². The van der Waals surface area contributed by atoms with E-state index in [1.807, 2.05) is 0 Å². The number of ketones is 2. The van der Waals surface area contributed by atoms with Gasteiger partial charge in [-0.3, -0.25) is 9.59 Å². The normalized spacial score (nSPS) is 9.93. The van der Waals surface area contributed by atoms with Crippen LogP contribution in [0.2, 0.25) is 0 Å². The lowest BCUT2D eigenvalue weighted by Crippen LogP contribution is -2.15. The van der Waals surface area contributed by atoms with Crippen LogP contribution in [0.3, 0.4) is 0 Å². The fraction of sp³-hybridized carbons (Fsp3) is 0.182. The van der Waals surface area contributed by atoms with E-state index in [1.165, 1.54) is 38.5 Å². The van der Waals surface area contributed by atoms with Gasteiger partial charge in [0, 0.05) is 11.1 Å². The Morgan fingerprint density at radius 2 is 1.14 bits per heavy atom. The summed E-state index contributed by atoms with van der Waals surface area (Å²) in [7, 11) is 2.91. The molecule has 0 amide bonds. The van der Waals surface area contributed by atoms with Gasteiger partial charge in [0.15, 0.2) is 23.0 Å². The van der Waals surface area contributed by atoms with Crippen molar-refractivity contribution in [2.45, 2.75) is 0 Å². The molecule has 0 atom stereocenters. The van der Waals surface area contributed by atoms with Crippen molar-refractivity contribution in [3.63, 3.8) is 0 Å². The molecule has 146 valence electrons. The minimum absolute atomic E-state index is 0.193. The summed E-state index contributed by atoms with van der Waals surface area (Å²) in [6.07, 6.45) is 3.19.